The lowest BCUT2D eigenvalue weighted by Crippen LogP contribution is -2.37. The largest absolute Gasteiger partial charge is 0.489 e. The molecule has 3 aromatic rings. The normalized spacial score (nSPS) is 14.5. The summed E-state index contributed by atoms with van der Waals surface area (Å²) >= 11 is 0.750. The first-order valence-corrected chi connectivity index (χ1v) is 11.4. The van der Waals surface area contributed by atoms with Gasteiger partial charge in [-0.05, 0) is 42.1 Å². The monoisotopic (exact) mass is 476 g/mol. The molecule has 0 radical (unpaired) electrons. The van der Waals surface area contributed by atoms with E-state index in [0.717, 1.165) is 16.7 Å². The molecule has 6 nitrogen and oxygen atoms in total. The summed E-state index contributed by atoms with van der Waals surface area (Å²) in [6.07, 6.45) is 1.36. The molecule has 4 rings (SSSR count). The van der Waals surface area contributed by atoms with Gasteiger partial charge in [0.15, 0.2) is 0 Å². The molecule has 34 heavy (non-hydrogen) atoms. The molecule has 1 heterocycles. The molecule has 1 N–H and O–H groups in total. The van der Waals surface area contributed by atoms with E-state index in [-0.39, 0.29) is 36.1 Å². The zero-order valence-corrected chi connectivity index (χ0v) is 18.9. The Balaban J connectivity index is 1.35. The molecule has 0 bridgehead atoms. The van der Waals surface area contributed by atoms with Gasteiger partial charge in [0.2, 0.25) is 0 Å². The lowest BCUT2D eigenvalue weighted by Gasteiger charge is -2.14. The van der Waals surface area contributed by atoms with Crippen LogP contribution in [0.15, 0.2) is 83.8 Å². The number of para-hydroxylation sites is 1. The maximum absolute atomic E-state index is 13.9. The number of thioether (sulfide) groups is 1. The van der Waals surface area contributed by atoms with E-state index in [1.807, 2.05) is 42.5 Å². The minimum absolute atomic E-state index is 0.00764. The summed E-state index contributed by atoms with van der Waals surface area (Å²) in [5.41, 5.74) is 1.39. The first-order chi connectivity index (χ1) is 16.5. The van der Waals surface area contributed by atoms with Gasteiger partial charge in [-0.2, -0.15) is 0 Å². The van der Waals surface area contributed by atoms with Crippen LogP contribution in [0.1, 0.15) is 21.5 Å². The van der Waals surface area contributed by atoms with Crippen molar-refractivity contribution in [3.63, 3.8) is 0 Å². The van der Waals surface area contributed by atoms with Gasteiger partial charge >= 0.3 is 0 Å². The van der Waals surface area contributed by atoms with Crippen LogP contribution >= 0.6 is 11.8 Å². The Morgan fingerprint density at radius 3 is 2.47 bits per heavy atom. The maximum Gasteiger partial charge on any atom is 0.293 e. The van der Waals surface area contributed by atoms with Crippen LogP contribution in [0.5, 0.6) is 5.75 Å². The lowest BCUT2D eigenvalue weighted by atomic mass is 10.1. The van der Waals surface area contributed by atoms with E-state index in [1.54, 1.807) is 24.3 Å². The molecular formula is C26H21FN2O4S. The van der Waals surface area contributed by atoms with Gasteiger partial charge in [-0.3, -0.25) is 19.3 Å². The number of ether oxygens (including phenoxy) is 1. The Labute approximate surface area is 200 Å². The highest BCUT2D eigenvalue weighted by Crippen LogP contribution is 2.32. The van der Waals surface area contributed by atoms with E-state index in [9.17, 15) is 18.8 Å². The Morgan fingerprint density at radius 1 is 0.971 bits per heavy atom. The SMILES string of the molecule is O=C(NCCN1C(=O)S/C(=C\c2ccccc2F)C1=O)c1ccccc1COc1ccccc1. The number of amides is 3. The van der Waals surface area contributed by atoms with Gasteiger partial charge in [0.25, 0.3) is 17.1 Å². The number of benzene rings is 3. The van der Waals surface area contributed by atoms with Gasteiger partial charge in [0, 0.05) is 29.8 Å². The van der Waals surface area contributed by atoms with Gasteiger partial charge in [-0.25, -0.2) is 4.39 Å². The molecule has 8 heteroatoms. The molecule has 0 aliphatic carbocycles. The number of imide groups is 1. The number of carbonyl (C=O) groups is 3. The van der Waals surface area contributed by atoms with Crippen LogP contribution in [0.2, 0.25) is 0 Å². The summed E-state index contributed by atoms with van der Waals surface area (Å²) in [4.78, 5) is 38.8. The number of hydrogen-bond acceptors (Lipinski definition) is 5. The van der Waals surface area contributed by atoms with Crippen LogP contribution in [0.25, 0.3) is 6.08 Å². The van der Waals surface area contributed by atoms with Crippen LogP contribution in [0, 0.1) is 5.82 Å². The number of halogens is 1. The lowest BCUT2D eigenvalue weighted by molar-refractivity contribution is -0.122. The van der Waals surface area contributed by atoms with Gasteiger partial charge in [-0.15, -0.1) is 0 Å². The fourth-order valence-electron chi connectivity index (χ4n) is 3.35. The third kappa shape index (κ3) is 5.52. The Bertz CT molecular complexity index is 1250. The minimum Gasteiger partial charge on any atom is -0.489 e. The molecule has 0 atom stereocenters. The van der Waals surface area contributed by atoms with Crippen LogP contribution < -0.4 is 10.1 Å². The number of carbonyl (C=O) groups excluding carboxylic acids is 3. The zero-order chi connectivity index (χ0) is 23.9. The second kappa shape index (κ2) is 10.8. The predicted molar refractivity (Wildman–Crippen MR) is 129 cm³/mol. The van der Waals surface area contributed by atoms with Crippen molar-refractivity contribution in [3.8, 4) is 5.75 Å². The number of rotatable bonds is 8. The molecule has 1 fully saturated rings. The second-order valence-corrected chi connectivity index (χ2v) is 8.36. The molecule has 3 amide bonds. The van der Waals surface area contributed by atoms with Crippen molar-refractivity contribution in [2.45, 2.75) is 6.61 Å². The van der Waals surface area contributed by atoms with Gasteiger partial charge in [0.1, 0.15) is 18.2 Å². The maximum atomic E-state index is 13.9. The van der Waals surface area contributed by atoms with Crippen LogP contribution in [0.4, 0.5) is 9.18 Å². The third-order valence-corrected chi connectivity index (χ3v) is 5.99. The molecule has 0 unspecified atom stereocenters. The van der Waals surface area contributed by atoms with E-state index >= 15 is 0 Å². The van der Waals surface area contributed by atoms with E-state index < -0.39 is 17.0 Å². The van der Waals surface area contributed by atoms with E-state index in [0.29, 0.717) is 16.9 Å². The molecule has 3 aromatic carbocycles. The molecule has 0 saturated carbocycles. The van der Waals surface area contributed by atoms with E-state index in [2.05, 4.69) is 5.32 Å². The summed E-state index contributed by atoms with van der Waals surface area (Å²) in [7, 11) is 0. The summed E-state index contributed by atoms with van der Waals surface area (Å²) in [6, 6.07) is 22.4. The summed E-state index contributed by atoms with van der Waals surface area (Å²) in [5.74, 6) is -0.623. The summed E-state index contributed by atoms with van der Waals surface area (Å²) in [5, 5.41) is 2.29. The van der Waals surface area contributed by atoms with Gasteiger partial charge in [-0.1, -0.05) is 54.6 Å². The molecule has 172 valence electrons. The molecule has 0 spiro atoms. The van der Waals surface area contributed by atoms with Crippen LogP contribution in [-0.2, 0) is 11.4 Å². The van der Waals surface area contributed by atoms with Crippen molar-refractivity contribution in [1.29, 1.82) is 0 Å². The molecular weight excluding hydrogens is 455 g/mol. The Morgan fingerprint density at radius 2 is 1.68 bits per heavy atom. The minimum atomic E-state index is -0.510. The zero-order valence-electron chi connectivity index (χ0n) is 18.1. The Hall–Kier alpha value is -3.91. The van der Waals surface area contributed by atoms with Crippen LogP contribution in [0.3, 0.4) is 0 Å². The first-order valence-electron chi connectivity index (χ1n) is 10.6. The Kier molecular flexibility index (Phi) is 7.39. The fourth-order valence-corrected chi connectivity index (χ4v) is 4.20. The smallest absolute Gasteiger partial charge is 0.293 e. The summed E-state index contributed by atoms with van der Waals surface area (Å²) < 4.78 is 19.6. The van der Waals surface area contributed by atoms with Crippen molar-refractivity contribution in [1.82, 2.24) is 10.2 Å². The average Bonchev–Trinajstić information content (AvgIpc) is 3.12. The average molecular weight is 477 g/mol. The highest BCUT2D eigenvalue weighted by Gasteiger charge is 2.34. The number of nitrogens with zero attached hydrogens (tertiary/aromatic N) is 1. The van der Waals surface area contributed by atoms with Crippen molar-refractivity contribution >= 4 is 34.9 Å². The van der Waals surface area contributed by atoms with Crippen molar-refractivity contribution < 1.29 is 23.5 Å². The van der Waals surface area contributed by atoms with Crippen molar-refractivity contribution in [3.05, 3.63) is 106 Å². The summed E-state index contributed by atoms with van der Waals surface area (Å²) in [6.45, 7) is 0.309. The van der Waals surface area contributed by atoms with Gasteiger partial charge < -0.3 is 10.1 Å². The van der Waals surface area contributed by atoms with Gasteiger partial charge in [0.05, 0.1) is 4.91 Å². The first kappa shape index (κ1) is 23.3. The van der Waals surface area contributed by atoms with Crippen molar-refractivity contribution in [2.75, 3.05) is 13.1 Å². The molecule has 0 aromatic heterocycles. The van der Waals surface area contributed by atoms with E-state index in [4.69, 9.17) is 4.74 Å². The quantitative estimate of drug-likeness (QED) is 0.470. The van der Waals surface area contributed by atoms with Crippen molar-refractivity contribution in [2.24, 2.45) is 0 Å². The number of hydrogen-bond donors (Lipinski definition) is 1. The third-order valence-electron chi connectivity index (χ3n) is 5.09. The number of nitrogens with one attached hydrogen (secondary N) is 1. The topological polar surface area (TPSA) is 75.7 Å². The standard InChI is InChI=1S/C26H21FN2O4S/c27-22-13-7-5-8-18(22)16-23-25(31)29(26(32)34-23)15-14-28-24(30)21-12-6-4-9-19(21)17-33-20-10-2-1-3-11-20/h1-13,16H,14-15,17H2,(H,28,30)/b23-16-. The molecule has 1 aliphatic rings. The highest BCUT2D eigenvalue weighted by atomic mass is 32.2. The second-order valence-electron chi connectivity index (χ2n) is 7.37. The molecule has 1 aliphatic heterocycles. The predicted octanol–water partition coefficient (Wildman–Crippen LogP) is 4.87. The highest BCUT2D eigenvalue weighted by molar-refractivity contribution is 8.18. The van der Waals surface area contributed by atoms with E-state index in [1.165, 1.54) is 18.2 Å². The molecule has 1 saturated heterocycles. The van der Waals surface area contributed by atoms with Crippen LogP contribution in [-0.4, -0.2) is 35.0 Å². The fraction of sp³-hybridized carbons (Fsp3) is 0.115.